The van der Waals surface area contributed by atoms with Crippen molar-refractivity contribution in [2.24, 2.45) is 5.10 Å². The molecule has 1 aromatic carbocycles. The maximum Gasteiger partial charge on any atom is 0.272 e. The zero-order valence-corrected chi connectivity index (χ0v) is 13.9. The number of aromatic nitrogens is 1. The second-order valence-corrected chi connectivity index (χ2v) is 6.39. The molecule has 3 rings (SSSR count). The average Bonchev–Trinajstić information content (AvgIpc) is 3.02. The van der Waals surface area contributed by atoms with E-state index < -0.39 is 0 Å². The first kappa shape index (κ1) is 15.4. The Labute approximate surface area is 138 Å². The van der Waals surface area contributed by atoms with Gasteiger partial charge in [0.25, 0.3) is 5.91 Å². The zero-order valence-electron chi connectivity index (χ0n) is 13.0. The van der Waals surface area contributed by atoms with E-state index in [0.29, 0.717) is 5.56 Å². The Bertz CT molecular complexity index is 883. The summed E-state index contributed by atoms with van der Waals surface area (Å²) in [5.74, 6) is -0.227. The fourth-order valence-corrected chi connectivity index (χ4v) is 3.19. The number of para-hydroxylation sites is 1. The molecule has 0 saturated carbocycles. The number of benzene rings is 1. The average molecular weight is 323 g/mol. The topological polar surface area (TPSA) is 54.4 Å². The molecule has 0 unspecified atom stereocenters. The summed E-state index contributed by atoms with van der Waals surface area (Å²) in [5, 5.41) is 4.90. The quantitative estimate of drug-likeness (QED) is 0.584. The summed E-state index contributed by atoms with van der Waals surface area (Å²) in [5.41, 5.74) is 4.81. The molecule has 0 aliphatic carbocycles. The van der Waals surface area contributed by atoms with E-state index in [-0.39, 0.29) is 5.91 Å². The third kappa shape index (κ3) is 3.46. The molecule has 5 heteroatoms. The fourth-order valence-electron chi connectivity index (χ4n) is 2.36. The van der Waals surface area contributed by atoms with Gasteiger partial charge in [0.1, 0.15) is 0 Å². The number of thiophene rings is 1. The van der Waals surface area contributed by atoms with Crippen LogP contribution < -0.4 is 5.43 Å². The first-order valence-electron chi connectivity index (χ1n) is 7.46. The van der Waals surface area contributed by atoms with Gasteiger partial charge < -0.3 is 0 Å². The van der Waals surface area contributed by atoms with Gasteiger partial charge in [-0.05, 0) is 37.6 Å². The molecule has 0 radical (unpaired) electrons. The van der Waals surface area contributed by atoms with E-state index in [1.807, 2.05) is 37.3 Å². The summed E-state index contributed by atoms with van der Waals surface area (Å²) in [6.45, 7) is 4.00. The molecule has 0 bridgehead atoms. The molecule has 3 aromatic rings. The van der Waals surface area contributed by atoms with Crippen molar-refractivity contribution >= 4 is 34.4 Å². The molecule has 1 N–H and O–H groups in total. The third-order valence-corrected chi connectivity index (χ3v) is 4.64. The second-order valence-electron chi connectivity index (χ2n) is 5.19. The van der Waals surface area contributed by atoms with Crippen LogP contribution in [0.25, 0.3) is 10.9 Å². The second kappa shape index (κ2) is 6.71. The Balaban J connectivity index is 1.81. The van der Waals surface area contributed by atoms with Crippen LogP contribution in [0.2, 0.25) is 0 Å². The number of hydrazone groups is 1. The fraction of sp³-hybridized carbons (Fsp3) is 0.167. The lowest BCUT2D eigenvalue weighted by atomic mass is 10.1. The van der Waals surface area contributed by atoms with Crippen molar-refractivity contribution in [3.05, 3.63) is 63.5 Å². The van der Waals surface area contributed by atoms with Gasteiger partial charge in [0.15, 0.2) is 0 Å². The minimum Gasteiger partial charge on any atom is -0.267 e. The highest BCUT2D eigenvalue weighted by molar-refractivity contribution is 7.13. The molecule has 0 fully saturated rings. The molecule has 0 aliphatic heterocycles. The summed E-state index contributed by atoms with van der Waals surface area (Å²) in [6, 6.07) is 13.5. The van der Waals surface area contributed by atoms with E-state index >= 15 is 0 Å². The maximum atomic E-state index is 12.4. The van der Waals surface area contributed by atoms with Crippen LogP contribution in [0.5, 0.6) is 0 Å². The minimum atomic E-state index is -0.227. The third-order valence-electron chi connectivity index (χ3n) is 3.48. The SMILES string of the molecule is CCc1ccc(/C=N/NC(=O)c2cc(C)nc3ccccc23)s1. The summed E-state index contributed by atoms with van der Waals surface area (Å²) < 4.78 is 0. The molecule has 0 aliphatic rings. The smallest absolute Gasteiger partial charge is 0.267 e. The number of rotatable bonds is 4. The van der Waals surface area contributed by atoms with Crippen LogP contribution >= 0.6 is 11.3 Å². The van der Waals surface area contributed by atoms with Gasteiger partial charge in [-0.2, -0.15) is 5.10 Å². The number of hydrogen-bond donors (Lipinski definition) is 1. The van der Waals surface area contributed by atoms with E-state index in [9.17, 15) is 4.79 Å². The van der Waals surface area contributed by atoms with E-state index in [1.54, 1.807) is 23.6 Å². The van der Waals surface area contributed by atoms with E-state index in [0.717, 1.165) is 27.9 Å². The Kier molecular flexibility index (Phi) is 4.48. The molecular weight excluding hydrogens is 306 g/mol. The monoisotopic (exact) mass is 323 g/mol. The van der Waals surface area contributed by atoms with Crippen molar-refractivity contribution in [1.82, 2.24) is 10.4 Å². The van der Waals surface area contributed by atoms with Crippen LogP contribution in [0.3, 0.4) is 0 Å². The molecule has 2 heterocycles. The van der Waals surface area contributed by atoms with Crippen LogP contribution in [-0.2, 0) is 6.42 Å². The number of pyridine rings is 1. The number of carbonyl (C=O) groups excluding carboxylic acids is 1. The molecule has 1 amide bonds. The molecule has 0 atom stereocenters. The number of hydrogen-bond acceptors (Lipinski definition) is 4. The highest BCUT2D eigenvalue weighted by Gasteiger charge is 2.10. The van der Waals surface area contributed by atoms with Crippen LogP contribution in [0.4, 0.5) is 0 Å². The standard InChI is InChI=1S/C18H17N3OS/c1-3-13-8-9-14(23-13)11-19-21-18(22)16-10-12(2)20-17-7-5-4-6-15(16)17/h4-11H,3H2,1-2H3,(H,21,22)/b19-11+. The van der Waals surface area contributed by atoms with Gasteiger partial charge in [-0.25, -0.2) is 5.43 Å². The van der Waals surface area contributed by atoms with E-state index in [1.165, 1.54) is 4.88 Å². The molecule has 0 spiro atoms. The summed E-state index contributed by atoms with van der Waals surface area (Å²) in [6.07, 6.45) is 2.69. The molecule has 116 valence electrons. The molecule has 23 heavy (non-hydrogen) atoms. The van der Waals surface area contributed by atoms with Gasteiger partial charge in [0.2, 0.25) is 0 Å². The summed E-state index contributed by atoms with van der Waals surface area (Å²) >= 11 is 1.67. The van der Waals surface area contributed by atoms with Gasteiger partial charge in [-0.3, -0.25) is 9.78 Å². The van der Waals surface area contributed by atoms with Crippen molar-refractivity contribution in [2.45, 2.75) is 20.3 Å². The zero-order chi connectivity index (χ0) is 16.2. The predicted octanol–water partition coefficient (Wildman–Crippen LogP) is 3.93. The van der Waals surface area contributed by atoms with Crippen LogP contribution in [0, 0.1) is 6.92 Å². The van der Waals surface area contributed by atoms with Gasteiger partial charge in [-0.15, -0.1) is 11.3 Å². The Hall–Kier alpha value is -2.53. The lowest BCUT2D eigenvalue weighted by molar-refractivity contribution is 0.0956. The predicted molar refractivity (Wildman–Crippen MR) is 95.2 cm³/mol. The first-order valence-corrected chi connectivity index (χ1v) is 8.27. The van der Waals surface area contributed by atoms with E-state index in [4.69, 9.17) is 0 Å². The highest BCUT2D eigenvalue weighted by Crippen LogP contribution is 2.18. The van der Waals surface area contributed by atoms with Gasteiger partial charge in [0, 0.05) is 20.8 Å². The Morgan fingerprint density at radius 2 is 2.13 bits per heavy atom. The van der Waals surface area contributed by atoms with Gasteiger partial charge in [-0.1, -0.05) is 25.1 Å². The number of aryl methyl sites for hydroxylation is 2. The first-order chi connectivity index (χ1) is 11.2. The summed E-state index contributed by atoms with van der Waals surface area (Å²) in [4.78, 5) is 19.2. The molecular formula is C18H17N3OS. The van der Waals surface area contributed by atoms with Crippen LogP contribution in [0.1, 0.15) is 32.7 Å². The van der Waals surface area contributed by atoms with Gasteiger partial charge in [0.05, 0.1) is 17.3 Å². The molecule has 0 saturated heterocycles. The highest BCUT2D eigenvalue weighted by atomic mass is 32.1. The Morgan fingerprint density at radius 3 is 2.91 bits per heavy atom. The molecule has 2 aromatic heterocycles. The minimum absolute atomic E-state index is 0.227. The van der Waals surface area contributed by atoms with Crippen LogP contribution in [0.15, 0.2) is 47.6 Å². The van der Waals surface area contributed by atoms with Gasteiger partial charge >= 0.3 is 0 Å². The summed E-state index contributed by atoms with van der Waals surface area (Å²) in [7, 11) is 0. The number of nitrogens with one attached hydrogen (secondary N) is 1. The van der Waals surface area contributed by atoms with E-state index in [2.05, 4.69) is 28.5 Å². The number of fused-ring (bicyclic) bond motifs is 1. The van der Waals surface area contributed by atoms with Crippen molar-refractivity contribution in [2.75, 3.05) is 0 Å². The number of amides is 1. The largest absolute Gasteiger partial charge is 0.272 e. The number of nitrogens with zero attached hydrogens (tertiary/aromatic N) is 2. The van der Waals surface area contributed by atoms with Crippen molar-refractivity contribution in [1.29, 1.82) is 0 Å². The maximum absolute atomic E-state index is 12.4. The van der Waals surface area contributed by atoms with Crippen LogP contribution in [-0.4, -0.2) is 17.1 Å². The normalized spacial score (nSPS) is 11.2. The number of carbonyl (C=O) groups is 1. The van der Waals surface area contributed by atoms with Crippen molar-refractivity contribution in [3.63, 3.8) is 0 Å². The lowest BCUT2D eigenvalue weighted by Crippen LogP contribution is -2.18. The molecule has 4 nitrogen and oxygen atoms in total. The van der Waals surface area contributed by atoms with Crippen molar-refractivity contribution in [3.8, 4) is 0 Å². The lowest BCUT2D eigenvalue weighted by Gasteiger charge is -2.06. The van der Waals surface area contributed by atoms with Crippen molar-refractivity contribution < 1.29 is 4.79 Å². The Morgan fingerprint density at radius 1 is 1.30 bits per heavy atom.